The lowest BCUT2D eigenvalue weighted by molar-refractivity contribution is -0.122. The zero-order valence-corrected chi connectivity index (χ0v) is 11.0. The van der Waals surface area contributed by atoms with Crippen molar-refractivity contribution >= 4 is 17.5 Å². The van der Waals surface area contributed by atoms with Crippen LogP contribution >= 0.6 is 0 Å². The molecular formula is C14H19N3O2. The van der Waals surface area contributed by atoms with Gasteiger partial charge >= 0.3 is 0 Å². The van der Waals surface area contributed by atoms with Crippen molar-refractivity contribution in [3.05, 3.63) is 29.8 Å². The van der Waals surface area contributed by atoms with E-state index >= 15 is 0 Å². The summed E-state index contributed by atoms with van der Waals surface area (Å²) in [6.07, 6.45) is 0.476. The Hall–Kier alpha value is -2.04. The summed E-state index contributed by atoms with van der Waals surface area (Å²) in [7, 11) is 0. The lowest BCUT2D eigenvalue weighted by Gasteiger charge is -2.10. The number of para-hydroxylation sites is 1. The number of carbonyl (C=O) groups is 2. The lowest BCUT2D eigenvalue weighted by atomic mass is 9.98. The summed E-state index contributed by atoms with van der Waals surface area (Å²) in [4.78, 5) is 22.5. The first kappa shape index (κ1) is 13.4. The van der Waals surface area contributed by atoms with Gasteiger partial charge in [-0.2, -0.15) is 0 Å². The molecule has 0 aromatic heterocycles. The minimum atomic E-state index is -0.0804. The second-order valence-corrected chi connectivity index (χ2v) is 4.70. The summed E-state index contributed by atoms with van der Waals surface area (Å²) in [6, 6.07) is 8.07. The van der Waals surface area contributed by atoms with Crippen LogP contribution < -0.4 is 16.0 Å². The van der Waals surface area contributed by atoms with Gasteiger partial charge in [-0.05, 0) is 11.6 Å². The zero-order valence-electron chi connectivity index (χ0n) is 11.0. The van der Waals surface area contributed by atoms with Crippen LogP contribution in [0.25, 0.3) is 0 Å². The minimum Gasteiger partial charge on any atom is -0.384 e. The summed E-state index contributed by atoms with van der Waals surface area (Å²) in [5.41, 5.74) is 2.33. The van der Waals surface area contributed by atoms with E-state index in [0.29, 0.717) is 19.5 Å². The second kappa shape index (κ2) is 6.22. The number of fused-ring (bicyclic) bond motifs is 1. The van der Waals surface area contributed by atoms with E-state index in [4.69, 9.17) is 0 Å². The first-order valence-electron chi connectivity index (χ1n) is 6.50. The van der Waals surface area contributed by atoms with Crippen molar-refractivity contribution in [3.8, 4) is 0 Å². The quantitative estimate of drug-likeness (QED) is 0.688. The molecule has 19 heavy (non-hydrogen) atoms. The van der Waals surface area contributed by atoms with Gasteiger partial charge in [0, 0.05) is 44.6 Å². The van der Waals surface area contributed by atoms with Gasteiger partial charge in [0.1, 0.15) is 0 Å². The van der Waals surface area contributed by atoms with Gasteiger partial charge in [-0.25, -0.2) is 0 Å². The van der Waals surface area contributed by atoms with E-state index in [1.54, 1.807) is 0 Å². The van der Waals surface area contributed by atoms with Gasteiger partial charge in [-0.15, -0.1) is 0 Å². The Morgan fingerprint density at radius 2 is 2.00 bits per heavy atom. The number of benzene rings is 1. The Labute approximate surface area is 112 Å². The predicted octanol–water partition coefficient (Wildman–Crippen LogP) is 0.838. The number of hydrogen-bond donors (Lipinski definition) is 3. The van der Waals surface area contributed by atoms with Crippen LogP contribution in [-0.2, 0) is 9.59 Å². The largest absolute Gasteiger partial charge is 0.384 e. The van der Waals surface area contributed by atoms with E-state index in [1.807, 2.05) is 18.2 Å². The normalized spacial score (nSPS) is 16.4. The predicted molar refractivity (Wildman–Crippen MR) is 74.0 cm³/mol. The minimum absolute atomic E-state index is 0.0221. The molecule has 1 aromatic rings. The van der Waals surface area contributed by atoms with E-state index in [-0.39, 0.29) is 17.7 Å². The van der Waals surface area contributed by atoms with Crippen LogP contribution in [0.4, 0.5) is 5.69 Å². The smallest absolute Gasteiger partial charge is 0.220 e. The highest BCUT2D eigenvalue weighted by atomic mass is 16.2. The Kier molecular flexibility index (Phi) is 4.39. The summed E-state index contributed by atoms with van der Waals surface area (Å²) in [5, 5.41) is 8.76. The summed E-state index contributed by atoms with van der Waals surface area (Å²) < 4.78 is 0. The molecule has 2 amide bonds. The Morgan fingerprint density at radius 3 is 2.79 bits per heavy atom. The van der Waals surface area contributed by atoms with Gasteiger partial charge < -0.3 is 16.0 Å². The molecule has 1 aliphatic rings. The van der Waals surface area contributed by atoms with Crippen LogP contribution in [0.2, 0.25) is 0 Å². The molecule has 1 aliphatic heterocycles. The van der Waals surface area contributed by atoms with Crippen LogP contribution in [0.15, 0.2) is 24.3 Å². The molecule has 5 nitrogen and oxygen atoms in total. The molecule has 0 fully saturated rings. The van der Waals surface area contributed by atoms with Gasteiger partial charge in [-0.1, -0.05) is 18.2 Å². The third kappa shape index (κ3) is 3.71. The summed E-state index contributed by atoms with van der Waals surface area (Å²) in [5.74, 6) is 0.175. The van der Waals surface area contributed by atoms with Crippen LogP contribution in [0.3, 0.4) is 0 Å². The molecule has 0 aliphatic carbocycles. The Bertz CT molecular complexity index is 474. The first-order valence-corrected chi connectivity index (χ1v) is 6.50. The van der Waals surface area contributed by atoms with E-state index in [1.165, 1.54) is 12.5 Å². The van der Waals surface area contributed by atoms with Crippen molar-refractivity contribution in [3.63, 3.8) is 0 Å². The molecule has 1 aromatic carbocycles. The molecule has 2 rings (SSSR count). The van der Waals surface area contributed by atoms with Crippen LogP contribution in [0.1, 0.15) is 24.8 Å². The molecule has 0 saturated heterocycles. The summed E-state index contributed by atoms with van der Waals surface area (Å²) in [6.45, 7) is 3.21. The maximum atomic E-state index is 11.8. The van der Waals surface area contributed by atoms with Crippen LogP contribution in [-0.4, -0.2) is 31.4 Å². The lowest BCUT2D eigenvalue weighted by Crippen LogP contribution is -2.34. The molecule has 5 heteroatoms. The molecule has 1 atom stereocenters. The molecular weight excluding hydrogens is 242 g/mol. The average Bonchev–Trinajstić information content (AvgIpc) is 2.78. The van der Waals surface area contributed by atoms with Gasteiger partial charge in [0.2, 0.25) is 11.8 Å². The number of amides is 2. The highest BCUT2D eigenvalue weighted by Gasteiger charge is 2.23. The van der Waals surface area contributed by atoms with Crippen LogP contribution in [0.5, 0.6) is 0 Å². The fourth-order valence-corrected chi connectivity index (χ4v) is 2.28. The average molecular weight is 261 g/mol. The van der Waals surface area contributed by atoms with Crippen molar-refractivity contribution in [1.29, 1.82) is 0 Å². The molecule has 0 radical (unpaired) electrons. The molecule has 0 spiro atoms. The fraction of sp³-hybridized carbons (Fsp3) is 0.429. The molecule has 0 bridgehead atoms. The maximum absolute atomic E-state index is 11.8. The second-order valence-electron chi connectivity index (χ2n) is 4.70. The fourth-order valence-electron chi connectivity index (χ4n) is 2.28. The molecule has 102 valence electrons. The molecule has 0 saturated carbocycles. The Morgan fingerprint density at radius 1 is 1.26 bits per heavy atom. The topological polar surface area (TPSA) is 70.2 Å². The van der Waals surface area contributed by atoms with E-state index in [9.17, 15) is 9.59 Å². The highest BCUT2D eigenvalue weighted by Crippen LogP contribution is 2.32. The standard InChI is InChI=1S/C14H19N3O2/c1-10(18)15-6-7-16-14(19)8-11-9-17-13-5-3-2-4-12(11)13/h2-5,11,17H,6-9H2,1H3,(H,15,18)(H,16,19). The number of carbonyl (C=O) groups excluding carboxylic acids is 2. The van der Waals surface area contributed by atoms with E-state index < -0.39 is 0 Å². The molecule has 3 N–H and O–H groups in total. The van der Waals surface area contributed by atoms with Crippen molar-refractivity contribution in [2.45, 2.75) is 19.3 Å². The maximum Gasteiger partial charge on any atom is 0.220 e. The third-order valence-corrected chi connectivity index (χ3v) is 3.19. The molecule has 1 heterocycles. The molecule has 1 unspecified atom stereocenters. The highest BCUT2D eigenvalue weighted by molar-refractivity contribution is 5.78. The number of anilines is 1. The monoisotopic (exact) mass is 261 g/mol. The summed E-state index contributed by atoms with van der Waals surface area (Å²) >= 11 is 0. The van der Waals surface area contributed by atoms with Crippen molar-refractivity contribution in [2.75, 3.05) is 25.0 Å². The van der Waals surface area contributed by atoms with Crippen molar-refractivity contribution in [1.82, 2.24) is 10.6 Å². The third-order valence-electron chi connectivity index (χ3n) is 3.19. The zero-order chi connectivity index (χ0) is 13.7. The van der Waals surface area contributed by atoms with Crippen LogP contribution in [0, 0.1) is 0 Å². The van der Waals surface area contributed by atoms with Gasteiger partial charge in [0.05, 0.1) is 0 Å². The number of nitrogens with one attached hydrogen (secondary N) is 3. The van der Waals surface area contributed by atoms with Gasteiger partial charge in [0.15, 0.2) is 0 Å². The van der Waals surface area contributed by atoms with Crippen molar-refractivity contribution < 1.29 is 9.59 Å². The van der Waals surface area contributed by atoms with E-state index in [2.05, 4.69) is 22.0 Å². The first-order chi connectivity index (χ1) is 9.16. The Balaban J connectivity index is 1.76. The van der Waals surface area contributed by atoms with Gasteiger partial charge in [-0.3, -0.25) is 9.59 Å². The van der Waals surface area contributed by atoms with E-state index in [0.717, 1.165) is 12.2 Å². The number of hydrogen-bond acceptors (Lipinski definition) is 3. The SMILES string of the molecule is CC(=O)NCCNC(=O)CC1CNc2ccccc21. The van der Waals surface area contributed by atoms with Gasteiger partial charge in [0.25, 0.3) is 0 Å². The number of rotatable bonds is 5. The van der Waals surface area contributed by atoms with Crippen molar-refractivity contribution in [2.24, 2.45) is 0 Å².